The van der Waals surface area contributed by atoms with E-state index in [0.29, 0.717) is 21.5 Å². The van der Waals surface area contributed by atoms with Crippen molar-refractivity contribution in [1.29, 1.82) is 5.26 Å². The second-order valence-corrected chi connectivity index (χ2v) is 4.88. The summed E-state index contributed by atoms with van der Waals surface area (Å²) in [6.45, 7) is 0. The summed E-state index contributed by atoms with van der Waals surface area (Å²) in [5.41, 5.74) is 0.576. The standard InChI is InChI=1S/C15H10BrNO4/c1-20-13-5-3-9(15(18)19)6-14(13)21-11-4-2-10(8-17)12(16)7-11/h2-7H,1H3,(H,18,19). The monoisotopic (exact) mass is 347 g/mol. The zero-order valence-corrected chi connectivity index (χ0v) is 12.5. The van der Waals surface area contributed by atoms with Gasteiger partial charge in [-0.1, -0.05) is 0 Å². The molecule has 0 unspecified atom stereocenters. The van der Waals surface area contributed by atoms with Crippen LogP contribution >= 0.6 is 15.9 Å². The number of aromatic carboxylic acids is 1. The van der Waals surface area contributed by atoms with Crippen LogP contribution in [-0.4, -0.2) is 18.2 Å². The predicted octanol–water partition coefficient (Wildman–Crippen LogP) is 3.82. The third kappa shape index (κ3) is 3.33. The van der Waals surface area contributed by atoms with Gasteiger partial charge in [-0.25, -0.2) is 4.79 Å². The first-order valence-corrected chi connectivity index (χ1v) is 6.63. The summed E-state index contributed by atoms with van der Waals surface area (Å²) in [6, 6.07) is 11.2. The van der Waals surface area contributed by atoms with Crippen LogP contribution in [0.15, 0.2) is 40.9 Å². The molecule has 0 aliphatic carbocycles. The van der Waals surface area contributed by atoms with Crippen molar-refractivity contribution in [3.8, 4) is 23.3 Å². The van der Waals surface area contributed by atoms with Gasteiger partial charge >= 0.3 is 5.97 Å². The molecule has 0 aliphatic heterocycles. The Balaban J connectivity index is 2.38. The summed E-state index contributed by atoms with van der Waals surface area (Å²) >= 11 is 3.27. The smallest absolute Gasteiger partial charge is 0.335 e. The Hall–Kier alpha value is -2.52. The predicted molar refractivity (Wildman–Crippen MR) is 78.9 cm³/mol. The van der Waals surface area contributed by atoms with Crippen molar-refractivity contribution in [2.45, 2.75) is 0 Å². The fourth-order valence-corrected chi connectivity index (χ4v) is 2.11. The first kappa shape index (κ1) is 14.9. The Labute approximate surface area is 129 Å². The minimum Gasteiger partial charge on any atom is -0.493 e. The van der Waals surface area contributed by atoms with Gasteiger partial charge in [0.2, 0.25) is 0 Å². The lowest BCUT2D eigenvalue weighted by molar-refractivity contribution is 0.0696. The lowest BCUT2D eigenvalue weighted by atomic mass is 10.2. The molecule has 2 aromatic carbocycles. The Morgan fingerprint density at radius 2 is 2.00 bits per heavy atom. The molecule has 2 aromatic rings. The van der Waals surface area contributed by atoms with E-state index in [1.807, 2.05) is 6.07 Å². The molecule has 0 atom stereocenters. The third-order valence-corrected chi connectivity index (χ3v) is 3.36. The fraction of sp³-hybridized carbons (Fsp3) is 0.0667. The van der Waals surface area contributed by atoms with Crippen LogP contribution < -0.4 is 9.47 Å². The number of carboxylic acid groups (broad SMARTS) is 1. The molecule has 0 aliphatic rings. The highest BCUT2D eigenvalue weighted by Gasteiger charge is 2.11. The number of ether oxygens (including phenoxy) is 2. The summed E-state index contributed by atoms with van der Waals surface area (Å²) in [7, 11) is 1.47. The lowest BCUT2D eigenvalue weighted by Gasteiger charge is -2.11. The molecule has 0 amide bonds. The van der Waals surface area contributed by atoms with Crippen molar-refractivity contribution < 1.29 is 19.4 Å². The van der Waals surface area contributed by atoms with Gasteiger partial charge in [0.25, 0.3) is 0 Å². The van der Waals surface area contributed by atoms with E-state index in [1.54, 1.807) is 18.2 Å². The number of halogens is 1. The van der Waals surface area contributed by atoms with E-state index < -0.39 is 5.97 Å². The van der Waals surface area contributed by atoms with Gasteiger partial charge in [0.15, 0.2) is 11.5 Å². The van der Waals surface area contributed by atoms with E-state index in [-0.39, 0.29) is 11.3 Å². The van der Waals surface area contributed by atoms with Crippen LogP contribution in [0, 0.1) is 11.3 Å². The van der Waals surface area contributed by atoms with Crippen molar-refractivity contribution >= 4 is 21.9 Å². The lowest BCUT2D eigenvalue weighted by Crippen LogP contribution is -1.98. The first-order valence-electron chi connectivity index (χ1n) is 5.84. The van der Waals surface area contributed by atoms with Crippen molar-refractivity contribution in [3.05, 3.63) is 52.0 Å². The largest absolute Gasteiger partial charge is 0.493 e. The SMILES string of the molecule is COc1ccc(C(=O)O)cc1Oc1ccc(C#N)c(Br)c1. The van der Waals surface area contributed by atoms with E-state index in [2.05, 4.69) is 15.9 Å². The van der Waals surface area contributed by atoms with Crippen LogP contribution in [0.3, 0.4) is 0 Å². The molecule has 5 nitrogen and oxygen atoms in total. The van der Waals surface area contributed by atoms with Gasteiger partial charge in [-0.05, 0) is 52.3 Å². The molecule has 6 heteroatoms. The number of carboxylic acids is 1. The zero-order chi connectivity index (χ0) is 15.4. The maximum atomic E-state index is 11.0. The molecule has 2 rings (SSSR count). The van der Waals surface area contributed by atoms with Crippen molar-refractivity contribution in [3.63, 3.8) is 0 Å². The summed E-state index contributed by atoms with van der Waals surface area (Å²) in [5, 5.41) is 17.9. The first-order chi connectivity index (χ1) is 10.0. The van der Waals surface area contributed by atoms with Gasteiger partial charge in [0.05, 0.1) is 18.2 Å². The molecule has 0 heterocycles. The van der Waals surface area contributed by atoms with Crippen molar-refractivity contribution in [1.82, 2.24) is 0 Å². The molecule has 21 heavy (non-hydrogen) atoms. The molecule has 0 fully saturated rings. The fourth-order valence-electron chi connectivity index (χ4n) is 1.67. The Kier molecular flexibility index (Phi) is 4.45. The molecule has 0 saturated carbocycles. The molecule has 0 radical (unpaired) electrons. The average molecular weight is 348 g/mol. The van der Waals surface area contributed by atoms with Gasteiger partial charge in [-0.3, -0.25) is 0 Å². The molecule has 0 spiro atoms. The topological polar surface area (TPSA) is 79.6 Å². The number of hydrogen-bond donors (Lipinski definition) is 1. The minimum atomic E-state index is -1.05. The van der Waals surface area contributed by atoms with E-state index in [4.69, 9.17) is 19.8 Å². The van der Waals surface area contributed by atoms with E-state index in [9.17, 15) is 4.79 Å². The third-order valence-electron chi connectivity index (χ3n) is 2.70. The van der Waals surface area contributed by atoms with Crippen LogP contribution in [0.4, 0.5) is 0 Å². The molecular weight excluding hydrogens is 338 g/mol. The van der Waals surface area contributed by atoms with Gasteiger partial charge in [0, 0.05) is 4.47 Å². The highest BCUT2D eigenvalue weighted by molar-refractivity contribution is 9.10. The highest BCUT2D eigenvalue weighted by atomic mass is 79.9. The van der Waals surface area contributed by atoms with E-state index >= 15 is 0 Å². The van der Waals surface area contributed by atoms with Crippen molar-refractivity contribution in [2.24, 2.45) is 0 Å². The number of methoxy groups -OCH3 is 1. The molecule has 0 bridgehead atoms. The van der Waals surface area contributed by atoms with Crippen LogP contribution in [0.1, 0.15) is 15.9 Å². The van der Waals surface area contributed by atoms with Crippen molar-refractivity contribution in [2.75, 3.05) is 7.11 Å². The Morgan fingerprint density at radius 1 is 1.24 bits per heavy atom. The normalized spacial score (nSPS) is 9.76. The maximum Gasteiger partial charge on any atom is 0.335 e. The minimum absolute atomic E-state index is 0.0958. The Morgan fingerprint density at radius 3 is 2.57 bits per heavy atom. The van der Waals surface area contributed by atoms with Gasteiger partial charge < -0.3 is 14.6 Å². The quantitative estimate of drug-likeness (QED) is 0.909. The van der Waals surface area contributed by atoms with Crippen LogP contribution in [-0.2, 0) is 0 Å². The summed E-state index contributed by atoms with van der Waals surface area (Å²) in [5.74, 6) is 0.111. The van der Waals surface area contributed by atoms with Crippen LogP contribution in [0.5, 0.6) is 17.2 Å². The van der Waals surface area contributed by atoms with Gasteiger partial charge in [-0.2, -0.15) is 5.26 Å². The molecule has 106 valence electrons. The number of nitriles is 1. The molecule has 0 saturated heterocycles. The summed E-state index contributed by atoms with van der Waals surface area (Å²) < 4.78 is 11.4. The second kappa shape index (κ2) is 6.29. The van der Waals surface area contributed by atoms with Crippen LogP contribution in [0.2, 0.25) is 0 Å². The maximum absolute atomic E-state index is 11.0. The van der Waals surface area contributed by atoms with E-state index in [0.717, 1.165) is 0 Å². The summed E-state index contributed by atoms with van der Waals surface area (Å²) in [6.07, 6.45) is 0. The number of benzene rings is 2. The number of hydrogen-bond acceptors (Lipinski definition) is 4. The van der Waals surface area contributed by atoms with Gasteiger partial charge in [0.1, 0.15) is 11.8 Å². The number of carbonyl (C=O) groups is 1. The molecule has 0 aromatic heterocycles. The number of rotatable bonds is 4. The highest BCUT2D eigenvalue weighted by Crippen LogP contribution is 2.34. The molecular formula is C15H10BrNO4. The molecule has 1 N–H and O–H groups in total. The van der Waals surface area contributed by atoms with E-state index in [1.165, 1.54) is 25.3 Å². The Bertz CT molecular complexity index is 737. The van der Waals surface area contributed by atoms with Gasteiger partial charge in [-0.15, -0.1) is 0 Å². The second-order valence-electron chi connectivity index (χ2n) is 4.03. The zero-order valence-electron chi connectivity index (χ0n) is 11.0. The van der Waals surface area contributed by atoms with Crippen LogP contribution in [0.25, 0.3) is 0 Å². The summed E-state index contributed by atoms with van der Waals surface area (Å²) in [4.78, 5) is 11.0. The number of nitrogens with zero attached hydrogens (tertiary/aromatic N) is 1. The average Bonchev–Trinajstić information content (AvgIpc) is 2.47.